The van der Waals surface area contributed by atoms with Gasteiger partial charge in [0.05, 0.1) is 16.7 Å². The van der Waals surface area contributed by atoms with Crippen LogP contribution in [0.1, 0.15) is 4.88 Å². The summed E-state index contributed by atoms with van der Waals surface area (Å²) >= 11 is 1.24. The largest absolute Gasteiger partial charge is 0.279 e. The number of thiophene rings is 1. The Morgan fingerprint density at radius 2 is 1.80 bits per heavy atom. The second-order valence-electron chi connectivity index (χ2n) is 4.23. The molecular weight excluding hydrogens is 294 g/mol. The van der Waals surface area contributed by atoms with Gasteiger partial charge in [0.15, 0.2) is 0 Å². The number of nitrogens with one attached hydrogen (secondary N) is 1. The fourth-order valence-corrected chi connectivity index (χ4v) is 4.12. The quantitative estimate of drug-likeness (QED) is 0.807. The van der Waals surface area contributed by atoms with E-state index in [1.165, 1.54) is 11.3 Å². The molecule has 3 aromatic rings. The highest BCUT2D eigenvalue weighted by atomic mass is 32.2. The topological polar surface area (TPSA) is 72.0 Å². The van der Waals surface area contributed by atoms with Crippen molar-refractivity contribution in [3.8, 4) is 0 Å². The van der Waals surface area contributed by atoms with Crippen molar-refractivity contribution >= 4 is 38.1 Å². The first-order chi connectivity index (χ1) is 9.54. The number of anilines is 1. The second kappa shape index (κ2) is 4.84. The number of rotatable bonds is 3. The Bertz CT molecular complexity index is 872. The Balaban J connectivity index is 1.96. The van der Waals surface area contributed by atoms with Crippen LogP contribution in [-0.2, 0) is 10.0 Å². The van der Waals surface area contributed by atoms with E-state index in [1.54, 1.807) is 42.7 Å². The molecule has 7 heteroatoms. The van der Waals surface area contributed by atoms with Gasteiger partial charge in [0.1, 0.15) is 4.21 Å². The number of nitrogens with zero attached hydrogens (tertiary/aromatic N) is 2. The van der Waals surface area contributed by atoms with Crippen LogP contribution in [0.2, 0.25) is 0 Å². The van der Waals surface area contributed by atoms with Crippen LogP contribution < -0.4 is 4.72 Å². The minimum atomic E-state index is -3.54. The predicted octanol–water partition coefficient (Wildman–Crippen LogP) is 2.80. The lowest BCUT2D eigenvalue weighted by Crippen LogP contribution is -2.11. The van der Waals surface area contributed by atoms with Gasteiger partial charge in [-0.25, -0.2) is 8.42 Å². The van der Waals surface area contributed by atoms with E-state index in [4.69, 9.17) is 0 Å². The minimum absolute atomic E-state index is 0.300. The first kappa shape index (κ1) is 13.0. The van der Waals surface area contributed by atoms with Gasteiger partial charge in [-0.2, -0.15) is 0 Å². The monoisotopic (exact) mass is 305 g/mol. The molecular formula is C13H11N3O2S2. The first-order valence-electron chi connectivity index (χ1n) is 5.85. The lowest BCUT2D eigenvalue weighted by atomic mass is 10.3. The number of aryl methyl sites for hydroxylation is 1. The number of benzene rings is 1. The summed E-state index contributed by atoms with van der Waals surface area (Å²) in [5, 5.41) is 0. The summed E-state index contributed by atoms with van der Waals surface area (Å²) in [6.07, 6.45) is 3.17. The van der Waals surface area contributed by atoms with Gasteiger partial charge >= 0.3 is 0 Å². The van der Waals surface area contributed by atoms with Crippen LogP contribution in [0.25, 0.3) is 11.0 Å². The molecule has 0 unspecified atom stereocenters. The molecule has 2 aromatic heterocycles. The molecule has 20 heavy (non-hydrogen) atoms. The Morgan fingerprint density at radius 1 is 1.05 bits per heavy atom. The smallest absolute Gasteiger partial charge is 0.271 e. The van der Waals surface area contributed by atoms with Crippen LogP contribution in [0.4, 0.5) is 5.69 Å². The molecule has 0 radical (unpaired) electrons. The fourth-order valence-electron chi connectivity index (χ4n) is 1.79. The van der Waals surface area contributed by atoms with Crippen LogP contribution in [0.15, 0.2) is 46.9 Å². The molecule has 5 nitrogen and oxygen atoms in total. The van der Waals surface area contributed by atoms with E-state index >= 15 is 0 Å². The van der Waals surface area contributed by atoms with Crippen LogP contribution in [0.3, 0.4) is 0 Å². The van der Waals surface area contributed by atoms with Crippen molar-refractivity contribution in [3.63, 3.8) is 0 Å². The van der Waals surface area contributed by atoms with E-state index in [0.29, 0.717) is 15.4 Å². The molecule has 0 spiro atoms. The average molecular weight is 305 g/mol. The highest BCUT2D eigenvalue weighted by molar-refractivity contribution is 7.94. The normalized spacial score (nSPS) is 11.7. The molecule has 3 rings (SSSR count). The maximum atomic E-state index is 12.2. The fraction of sp³-hybridized carbons (Fsp3) is 0.0769. The van der Waals surface area contributed by atoms with Crippen molar-refractivity contribution in [1.82, 2.24) is 9.97 Å². The van der Waals surface area contributed by atoms with Gasteiger partial charge in [-0.3, -0.25) is 14.7 Å². The van der Waals surface area contributed by atoms with Crippen molar-refractivity contribution in [2.24, 2.45) is 0 Å². The van der Waals surface area contributed by atoms with Gasteiger partial charge in [0.25, 0.3) is 10.0 Å². The van der Waals surface area contributed by atoms with E-state index in [0.717, 1.165) is 10.4 Å². The molecule has 0 atom stereocenters. The maximum Gasteiger partial charge on any atom is 0.271 e. The number of fused-ring (bicyclic) bond motifs is 1. The van der Waals surface area contributed by atoms with E-state index in [9.17, 15) is 8.42 Å². The van der Waals surface area contributed by atoms with E-state index < -0.39 is 10.0 Å². The Hall–Kier alpha value is -1.99. The van der Waals surface area contributed by atoms with Crippen molar-refractivity contribution in [3.05, 3.63) is 47.6 Å². The summed E-state index contributed by atoms with van der Waals surface area (Å²) < 4.78 is 27.3. The van der Waals surface area contributed by atoms with Crippen LogP contribution >= 0.6 is 11.3 Å². The van der Waals surface area contributed by atoms with Crippen LogP contribution in [0.5, 0.6) is 0 Å². The van der Waals surface area contributed by atoms with Crippen molar-refractivity contribution in [2.75, 3.05) is 4.72 Å². The number of hydrogen-bond donors (Lipinski definition) is 1. The molecule has 0 fully saturated rings. The second-order valence-corrected chi connectivity index (χ2v) is 7.43. The molecule has 102 valence electrons. The van der Waals surface area contributed by atoms with Gasteiger partial charge in [-0.15, -0.1) is 11.3 Å². The standard InChI is InChI=1S/C13H11N3O2S2/c1-9-2-5-13(19-9)20(17,18)16-10-3-4-11-12(8-10)15-7-6-14-11/h2-8,16H,1H3. The van der Waals surface area contributed by atoms with E-state index in [-0.39, 0.29) is 0 Å². The van der Waals surface area contributed by atoms with Crippen LogP contribution in [-0.4, -0.2) is 18.4 Å². The molecule has 1 N–H and O–H groups in total. The zero-order valence-corrected chi connectivity index (χ0v) is 12.2. The summed E-state index contributed by atoms with van der Waals surface area (Å²) in [5.41, 5.74) is 1.85. The van der Waals surface area contributed by atoms with Crippen LogP contribution in [0, 0.1) is 6.92 Å². The highest BCUT2D eigenvalue weighted by Gasteiger charge is 2.16. The van der Waals surface area contributed by atoms with E-state index in [2.05, 4.69) is 14.7 Å². The Morgan fingerprint density at radius 3 is 2.50 bits per heavy atom. The SMILES string of the molecule is Cc1ccc(S(=O)(=O)Nc2ccc3nccnc3c2)s1. The molecule has 1 aromatic carbocycles. The minimum Gasteiger partial charge on any atom is -0.279 e. The van der Waals surface area contributed by atoms with Gasteiger partial charge in [-0.05, 0) is 37.3 Å². The summed E-state index contributed by atoms with van der Waals surface area (Å²) in [6, 6.07) is 8.46. The van der Waals surface area contributed by atoms with Gasteiger partial charge in [-0.1, -0.05) is 0 Å². The molecule has 0 amide bonds. The summed E-state index contributed by atoms with van der Waals surface area (Å²) in [6.45, 7) is 1.87. The molecule has 0 bridgehead atoms. The summed E-state index contributed by atoms with van der Waals surface area (Å²) in [5.74, 6) is 0. The zero-order chi connectivity index (χ0) is 14.2. The summed E-state index contributed by atoms with van der Waals surface area (Å²) in [4.78, 5) is 9.25. The Labute approximate surface area is 120 Å². The summed E-state index contributed by atoms with van der Waals surface area (Å²) in [7, 11) is -3.54. The molecule has 0 aliphatic heterocycles. The first-order valence-corrected chi connectivity index (χ1v) is 8.15. The maximum absolute atomic E-state index is 12.2. The van der Waals surface area contributed by atoms with E-state index in [1.807, 2.05) is 6.92 Å². The molecule has 2 heterocycles. The van der Waals surface area contributed by atoms with Crippen molar-refractivity contribution < 1.29 is 8.42 Å². The predicted molar refractivity (Wildman–Crippen MR) is 79.4 cm³/mol. The third-order valence-corrected chi connectivity index (χ3v) is 5.58. The van der Waals surface area contributed by atoms with Gasteiger partial charge < -0.3 is 0 Å². The van der Waals surface area contributed by atoms with Gasteiger partial charge in [0.2, 0.25) is 0 Å². The number of aromatic nitrogens is 2. The Kier molecular flexibility index (Phi) is 3.15. The zero-order valence-electron chi connectivity index (χ0n) is 10.6. The number of hydrogen-bond acceptors (Lipinski definition) is 5. The van der Waals surface area contributed by atoms with Crippen molar-refractivity contribution in [2.45, 2.75) is 11.1 Å². The lowest BCUT2D eigenvalue weighted by molar-refractivity contribution is 0.603. The van der Waals surface area contributed by atoms with Gasteiger partial charge in [0, 0.05) is 17.3 Å². The molecule has 0 saturated carbocycles. The molecule has 0 aliphatic carbocycles. The number of sulfonamides is 1. The third kappa shape index (κ3) is 2.50. The average Bonchev–Trinajstić information content (AvgIpc) is 2.86. The van der Waals surface area contributed by atoms with Crippen molar-refractivity contribution in [1.29, 1.82) is 0 Å². The molecule has 0 aliphatic rings. The lowest BCUT2D eigenvalue weighted by Gasteiger charge is -2.06. The highest BCUT2D eigenvalue weighted by Crippen LogP contribution is 2.24. The molecule has 0 saturated heterocycles. The third-order valence-electron chi connectivity index (χ3n) is 2.70.